The van der Waals surface area contributed by atoms with Gasteiger partial charge in [0.25, 0.3) is 0 Å². The predicted octanol–water partition coefficient (Wildman–Crippen LogP) is 4.93. The van der Waals surface area contributed by atoms with E-state index in [-0.39, 0.29) is 5.52 Å². The topological polar surface area (TPSA) is 22.1 Å². The first-order valence-electron chi connectivity index (χ1n) is 6.60. The van der Waals surface area contributed by atoms with Crippen molar-refractivity contribution >= 4 is 10.9 Å². The molecule has 5 heteroatoms. The summed E-state index contributed by atoms with van der Waals surface area (Å²) in [5.74, 6) is 0.471. The summed E-state index contributed by atoms with van der Waals surface area (Å²) < 4.78 is 44.4. The molecule has 0 aliphatic rings. The fourth-order valence-corrected chi connectivity index (χ4v) is 2.34. The number of rotatable bonds is 2. The maximum absolute atomic E-state index is 13.1. The van der Waals surface area contributed by atoms with Crippen molar-refractivity contribution in [1.29, 1.82) is 0 Å². The van der Waals surface area contributed by atoms with Gasteiger partial charge in [0, 0.05) is 11.5 Å². The Morgan fingerprint density at radius 2 is 1.68 bits per heavy atom. The molecule has 1 aromatic heterocycles. The summed E-state index contributed by atoms with van der Waals surface area (Å²) in [7, 11) is 1.47. The van der Waals surface area contributed by atoms with E-state index in [0.29, 0.717) is 22.3 Å². The second-order valence-electron chi connectivity index (χ2n) is 4.80. The summed E-state index contributed by atoms with van der Waals surface area (Å²) in [6.45, 7) is 0. The molecule has 0 aliphatic carbocycles. The van der Waals surface area contributed by atoms with Crippen molar-refractivity contribution in [2.24, 2.45) is 0 Å². The molecule has 112 valence electrons. The van der Waals surface area contributed by atoms with Gasteiger partial charge >= 0.3 is 6.18 Å². The number of methoxy groups -OCH3 is 1. The van der Waals surface area contributed by atoms with Crippen molar-refractivity contribution in [2.45, 2.75) is 6.18 Å². The fraction of sp³-hybridized carbons (Fsp3) is 0.118. The van der Waals surface area contributed by atoms with E-state index in [1.54, 1.807) is 36.4 Å². The van der Waals surface area contributed by atoms with Crippen molar-refractivity contribution < 1.29 is 17.9 Å². The zero-order chi connectivity index (χ0) is 15.7. The number of alkyl halides is 3. The molecule has 0 saturated heterocycles. The number of hydrogen-bond acceptors (Lipinski definition) is 2. The number of ether oxygens (including phenoxy) is 1. The normalized spacial score (nSPS) is 11.6. The van der Waals surface area contributed by atoms with Gasteiger partial charge in [-0.15, -0.1) is 0 Å². The minimum Gasteiger partial charge on any atom is -0.497 e. The number of fused-ring (bicyclic) bond motifs is 1. The van der Waals surface area contributed by atoms with Gasteiger partial charge in [0.05, 0.1) is 12.6 Å². The number of benzene rings is 2. The Hall–Kier alpha value is -2.56. The van der Waals surface area contributed by atoms with E-state index < -0.39 is 11.9 Å². The third-order valence-corrected chi connectivity index (χ3v) is 3.39. The van der Waals surface area contributed by atoms with Crippen LogP contribution in [0.5, 0.6) is 5.75 Å². The number of nitrogens with zero attached hydrogens (tertiary/aromatic N) is 1. The molecular formula is C17H12F3NO. The number of aromatic nitrogens is 1. The van der Waals surface area contributed by atoms with Crippen LogP contribution < -0.4 is 4.74 Å². The summed E-state index contributed by atoms with van der Waals surface area (Å²) >= 11 is 0. The molecule has 0 bridgehead atoms. The van der Waals surface area contributed by atoms with E-state index in [1.165, 1.54) is 13.2 Å². The molecule has 3 rings (SSSR count). The first kappa shape index (κ1) is 14.4. The Morgan fingerprint density at radius 3 is 2.32 bits per heavy atom. The largest absolute Gasteiger partial charge is 0.497 e. The third kappa shape index (κ3) is 2.62. The number of halogens is 3. The van der Waals surface area contributed by atoms with Gasteiger partial charge in [-0.25, -0.2) is 4.98 Å². The lowest BCUT2D eigenvalue weighted by molar-refractivity contribution is -0.140. The summed E-state index contributed by atoms with van der Waals surface area (Å²) in [5, 5.41) is 0.653. The molecule has 1 heterocycles. The van der Waals surface area contributed by atoms with Gasteiger partial charge in [-0.1, -0.05) is 30.3 Å². The van der Waals surface area contributed by atoms with Gasteiger partial charge in [-0.2, -0.15) is 13.2 Å². The van der Waals surface area contributed by atoms with Crippen molar-refractivity contribution in [3.05, 3.63) is 60.3 Å². The second kappa shape index (κ2) is 5.33. The fourth-order valence-electron chi connectivity index (χ4n) is 2.34. The molecule has 2 nitrogen and oxygen atoms in total. The van der Waals surface area contributed by atoms with E-state index >= 15 is 0 Å². The summed E-state index contributed by atoms with van der Waals surface area (Å²) in [6.07, 6.45) is -4.50. The lowest BCUT2D eigenvalue weighted by Crippen LogP contribution is -2.08. The highest BCUT2D eigenvalue weighted by atomic mass is 19.4. The van der Waals surface area contributed by atoms with Gasteiger partial charge in [0.1, 0.15) is 11.4 Å². The average Bonchev–Trinajstić information content (AvgIpc) is 2.53. The molecule has 0 N–H and O–H groups in total. The molecule has 22 heavy (non-hydrogen) atoms. The van der Waals surface area contributed by atoms with Gasteiger partial charge in [0.2, 0.25) is 0 Å². The second-order valence-corrected chi connectivity index (χ2v) is 4.80. The van der Waals surface area contributed by atoms with Crippen LogP contribution in [-0.4, -0.2) is 12.1 Å². The Bertz CT molecular complexity index is 813. The van der Waals surface area contributed by atoms with Crippen LogP contribution in [0.2, 0.25) is 0 Å². The summed E-state index contributed by atoms with van der Waals surface area (Å²) in [6, 6.07) is 15.0. The quantitative estimate of drug-likeness (QED) is 0.669. The van der Waals surface area contributed by atoms with Crippen LogP contribution in [0, 0.1) is 0 Å². The van der Waals surface area contributed by atoms with Crippen LogP contribution in [0.4, 0.5) is 13.2 Å². The summed E-state index contributed by atoms with van der Waals surface area (Å²) in [5.41, 5.74) is 0.561. The van der Waals surface area contributed by atoms with Crippen molar-refractivity contribution in [1.82, 2.24) is 4.98 Å². The Balaban J connectivity index is 2.33. The van der Waals surface area contributed by atoms with E-state index in [9.17, 15) is 13.2 Å². The van der Waals surface area contributed by atoms with Crippen molar-refractivity contribution in [3.8, 4) is 16.9 Å². The Labute approximate surface area is 125 Å². The van der Waals surface area contributed by atoms with Gasteiger partial charge in [-0.05, 0) is 29.3 Å². The monoisotopic (exact) mass is 303 g/mol. The Morgan fingerprint density at radius 1 is 0.955 bits per heavy atom. The van der Waals surface area contributed by atoms with Crippen LogP contribution in [0.3, 0.4) is 0 Å². The zero-order valence-corrected chi connectivity index (χ0v) is 11.7. The van der Waals surface area contributed by atoms with Gasteiger partial charge in [-0.3, -0.25) is 0 Å². The molecule has 0 unspecified atom stereocenters. The van der Waals surface area contributed by atoms with Gasteiger partial charge in [0.15, 0.2) is 0 Å². The molecule has 0 aliphatic heterocycles. The molecule has 2 aromatic carbocycles. The van der Waals surface area contributed by atoms with Crippen molar-refractivity contribution in [3.63, 3.8) is 0 Å². The highest BCUT2D eigenvalue weighted by Gasteiger charge is 2.33. The lowest BCUT2D eigenvalue weighted by atomic mass is 10.00. The molecule has 3 aromatic rings. The molecule has 0 saturated carbocycles. The zero-order valence-electron chi connectivity index (χ0n) is 11.7. The minimum atomic E-state index is -4.50. The molecule has 0 atom stereocenters. The highest BCUT2D eigenvalue weighted by Crippen LogP contribution is 2.36. The lowest BCUT2D eigenvalue weighted by Gasteiger charge is -2.12. The number of hydrogen-bond donors (Lipinski definition) is 0. The van der Waals surface area contributed by atoms with Crippen LogP contribution >= 0.6 is 0 Å². The molecule has 0 radical (unpaired) electrons. The summed E-state index contributed by atoms with van der Waals surface area (Å²) in [4.78, 5) is 3.74. The van der Waals surface area contributed by atoms with E-state index in [2.05, 4.69) is 4.98 Å². The van der Waals surface area contributed by atoms with Crippen LogP contribution in [-0.2, 0) is 6.18 Å². The standard InChI is InChI=1S/C17H12F3NO/c1-22-12-7-8-13-14(11-5-3-2-4-6-11)10-16(17(18,19)20)21-15(13)9-12/h2-10H,1H3. The predicted molar refractivity (Wildman–Crippen MR) is 78.7 cm³/mol. The van der Waals surface area contributed by atoms with Crippen LogP contribution in [0.25, 0.3) is 22.0 Å². The maximum atomic E-state index is 13.1. The molecule has 0 amide bonds. The Kier molecular flexibility index (Phi) is 3.48. The van der Waals surface area contributed by atoms with Crippen LogP contribution in [0.15, 0.2) is 54.6 Å². The van der Waals surface area contributed by atoms with E-state index in [0.717, 1.165) is 6.07 Å². The van der Waals surface area contributed by atoms with Crippen molar-refractivity contribution in [2.75, 3.05) is 7.11 Å². The minimum absolute atomic E-state index is 0.257. The first-order valence-corrected chi connectivity index (χ1v) is 6.60. The third-order valence-electron chi connectivity index (χ3n) is 3.39. The van der Waals surface area contributed by atoms with E-state index in [1.807, 2.05) is 6.07 Å². The van der Waals surface area contributed by atoms with Crippen LogP contribution in [0.1, 0.15) is 5.69 Å². The molecule has 0 spiro atoms. The van der Waals surface area contributed by atoms with E-state index in [4.69, 9.17) is 4.74 Å². The highest BCUT2D eigenvalue weighted by molar-refractivity contribution is 5.95. The average molecular weight is 303 g/mol. The number of pyridine rings is 1. The van der Waals surface area contributed by atoms with Gasteiger partial charge < -0.3 is 4.74 Å². The first-order chi connectivity index (χ1) is 10.5. The SMILES string of the molecule is COc1ccc2c(-c3ccccc3)cc(C(F)(F)F)nc2c1. The smallest absolute Gasteiger partial charge is 0.433 e. The maximum Gasteiger partial charge on any atom is 0.433 e. The molecule has 0 fully saturated rings. The molecular weight excluding hydrogens is 291 g/mol.